The minimum atomic E-state index is -1.21. The molecular weight excluding hydrogens is 592 g/mol. The van der Waals surface area contributed by atoms with Crippen LogP contribution in [0.1, 0.15) is 121 Å². The van der Waals surface area contributed by atoms with Gasteiger partial charge in [-0.05, 0) is 115 Å². The van der Waals surface area contributed by atoms with Gasteiger partial charge in [-0.15, -0.1) is 0 Å². The van der Waals surface area contributed by atoms with Gasteiger partial charge in [0, 0.05) is 0 Å². The quantitative estimate of drug-likeness (QED) is 0.145. The third-order valence-corrected chi connectivity index (χ3v) is 9.68. The number of hydrogen-bond acceptors (Lipinski definition) is 2. The Morgan fingerprint density at radius 2 is 0.958 bits per heavy atom. The molecule has 4 heteroatoms. The van der Waals surface area contributed by atoms with E-state index in [9.17, 15) is 19.8 Å². The lowest BCUT2D eigenvalue weighted by molar-refractivity contribution is -0.136. The van der Waals surface area contributed by atoms with Crippen LogP contribution in [0.5, 0.6) is 0 Å². The van der Waals surface area contributed by atoms with E-state index in [1.807, 2.05) is 50.3 Å². The molecule has 0 aliphatic heterocycles. The molecule has 2 aliphatic carbocycles. The fourth-order valence-corrected chi connectivity index (χ4v) is 6.61. The van der Waals surface area contributed by atoms with Gasteiger partial charge in [-0.2, -0.15) is 0 Å². The molecule has 2 aliphatic rings. The maximum atomic E-state index is 12.1. The highest BCUT2D eigenvalue weighted by molar-refractivity contribution is 5.99. The summed E-state index contributed by atoms with van der Waals surface area (Å²) in [5.41, 5.74) is 9.93. The number of aliphatic carboxylic acids is 2. The summed E-state index contributed by atoms with van der Waals surface area (Å²) in [6.07, 6.45) is 31.4. The Labute approximate surface area is 291 Å². The first-order valence-corrected chi connectivity index (χ1v) is 17.4. The van der Waals surface area contributed by atoms with Crippen LogP contribution in [0.4, 0.5) is 0 Å². The van der Waals surface area contributed by atoms with E-state index in [1.165, 1.54) is 48.0 Å². The van der Waals surface area contributed by atoms with E-state index in [0.717, 1.165) is 35.1 Å². The van der Waals surface area contributed by atoms with Crippen molar-refractivity contribution in [2.45, 2.75) is 121 Å². The third kappa shape index (κ3) is 12.9. The molecule has 0 aromatic rings. The molecule has 0 fully saturated rings. The van der Waals surface area contributed by atoms with Crippen molar-refractivity contribution in [2.24, 2.45) is 10.8 Å². The standard InChI is InChI=1S/C44H60O4/c1-31(15-11-17-33(3)23-27-39-35(5)19-13-29-43(39,7)8)21-25-37(41(45)46)38(42(47)48)26-22-32(2)16-12-18-34(4)24-28-40-36(6)20-14-30-44(40,9)10/h11-12,15-18,21-24,27-28H,13-14,19-20,25-26,29-30H2,1-10H3,(H,45,46)(H,47,48)/b15-11+,16-12+,27-23+,28-24+,31-21+,32-22+,33-17+,34-18+,38-37+. The van der Waals surface area contributed by atoms with Gasteiger partial charge >= 0.3 is 11.9 Å². The first-order valence-electron chi connectivity index (χ1n) is 17.4. The van der Waals surface area contributed by atoms with Gasteiger partial charge in [0.1, 0.15) is 0 Å². The number of allylic oxidation sites excluding steroid dienone is 20. The molecule has 2 rings (SSSR count). The number of rotatable bonds is 14. The molecular formula is C44H60O4. The highest BCUT2D eigenvalue weighted by Gasteiger charge is 2.27. The molecule has 0 saturated heterocycles. The van der Waals surface area contributed by atoms with E-state index in [0.29, 0.717) is 0 Å². The Kier molecular flexibility index (Phi) is 15.6. The van der Waals surface area contributed by atoms with Crippen LogP contribution in [0.3, 0.4) is 0 Å². The van der Waals surface area contributed by atoms with E-state index in [4.69, 9.17) is 0 Å². The SMILES string of the molecule is CC1=C(/C=C/C(C)=C/C=C/C(C)=C/C/C(C(=O)O)=C(/C/C=C(C)/C=C/C=C(C)/C=C/C2=C(C)CCCC2(C)C)C(=O)O)C(C)(C)CCC1. The summed E-state index contributed by atoms with van der Waals surface area (Å²) in [5, 5.41) is 19.8. The van der Waals surface area contributed by atoms with Gasteiger partial charge in [0.25, 0.3) is 0 Å². The topological polar surface area (TPSA) is 74.6 Å². The first kappa shape index (κ1) is 40.3. The number of carboxylic acid groups (broad SMARTS) is 2. The van der Waals surface area contributed by atoms with Crippen molar-refractivity contribution in [3.8, 4) is 0 Å². The van der Waals surface area contributed by atoms with Gasteiger partial charge in [0.2, 0.25) is 0 Å². The van der Waals surface area contributed by atoms with Crippen LogP contribution < -0.4 is 0 Å². The summed E-state index contributed by atoms with van der Waals surface area (Å²) in [7, 11) is 0. The van der Waals surface area contributed by atoms with Crippen molar-refractivity contribution in [3.05, 3.63) is 129 Å². The predicted octanol–water partition coefficient (Wildman–Crippen LogP) is 12.3. The molecule has 4 nitrogen and oxygen atoms in total. The molecule has 0 aromatic carbocycles. The number of hydrogen-bond donors (Lipinski definition) is 2. The third-order valence-electron chi connectivity index (χ3n) is 9.68. The van der Waals surface area contributed by atoms with E-state index < -0.39 is 11.9 Å². The van der Waals surface area contributed by atoms with Gasteiger partial charge < -0.3 is 10.2 Å². The van der Waals surface area contributed by atoms with Crippen molar-refractivity contribution in [1.29, 1.82) is 0 Å². The number of carboxylic acids is 2. The largest absolute Gasteiger partial charge is 0.478 e. The van der Waals surface area contributed by atoms with Crippen LogP contribution in [0, 0.1) is 10.8 Å². The van der Waals surface area contributed by atoms with Crippen molar-refractivity contribution < 1.29 is 19.8 Å². The van der Waals surface area contributed by atoms with Crippen LogP contribution in [0.2, 0.25) is 0 Å². The predicted molar refractivity (Wildman–Crippen MR) is 204 cm³/mol. The molecule has 0 aromatic heterocycles. The van der Waals surface area contributed by atoms with Crippen LogP contribution in [0.25, 0.3) is 0 Å². The van der Waals surface area contributed by atoms with Crippen molar-refractivity contribution in [2.75, 3.05) is 0 Å². The van der Waals surface area contributed by atoms with Gasteiger partial charge in [-0.25, -0.2) is 9.59 Å². The average Bonchev–Trinajstić information content (AvgIpc) is 2.97. The summed E-state index contributed by atoms with van der Waals surface area (Å²) in [4.78, 5) is 24.2. The van der Waals surface area contributed by atoms with E-state index in [1.54, 1.807) is 12.2 Å². The van der Waals surface area contributed by atoms with Crippen LogP contribution >= 0.6 is 0 Å². The van der Waals surface area contributed by atoms with Gasteiger partial charge in [0.15, 0.2) is 0 Å². The zero-order chi connectivity index (χ0) is 36.1. The molecule has 0 amide bonds. The molecule has 0 heterocycles. The second kappa shape index (κ2) is 18.6. The second-order valence-electron chi connectivity index (χ2n) is 14.9. The maximum Gasteiger partial charge on any atom is 0.332 e. The highest BCUT2D eigenvalue weighted by Crippen LogP contribution is 2.41. The molecule has 2 N–H and O–H groups in total. The lowest BCUT2D eigenvalue weighted by Crippen LogP contribution is -2.19. The molecule has 0 bridgehead atoms. The Bertz CT molecular complexity index is 1430. The molecule has 0 atom stereocenters. The molecule has 0 radical (unpaired) electrons. The Morgan fingerprint density at radius 1 is 0.604 bits per heavy atom. The van der Waals surface area contributed by atoms with Gasteiger partial charge in [-0.3, -0.25) is 0 Å². The molecule has 0 unspecified atom stereocenters. The van der Waals surface area contributed by atoms with Crippen LogP contribution in [-0.4, -0.2) is 22.2 Å². The highest BCUT2D eigenvalue weighted by atomic mass is 16.4. The molecule has 0 saturated carbocycles. The Morgan fingerprint density at radius 3 is 1.27 bits per heavy atom. The van der Waals surface area contributed by atoms with Gasteiger partial charge in [-0.1, -0.05) is 134 Å². The monoisotopic (exact) mass is 652 g/mol. The van der Waals surface area contributed by atoms with E-state index in [-0.39, 0.29) is 34.8 Å². The molecule has 0 spiro atoms. The fraction of sp³-hybridized carbons (Fsp3) is 0.455. The lowest BCUT2D eigenvalue weighted by atomic mass is 9.72. The lowest BCUT2D eigenvalue weighted by Gasteiger charge is -2.33. The summed E-state index contributed by atoms with van der Waals surface area (Å²) in [5.74, 6) is -2.43. The summed E-state index contributed by atoms with van der Waals surface area (Å²) in [6, 6.07) is 0. The van der Waals surface area contributed by atoms with E-state index >= 15 is 0 Å². The van der Waals surface area contributed by atoms with Gasteiger partial charge in [0.05, 0.1) is 11.1 Å². The van der Waals surface area contributed by atoms with Crippen molar-refractivity contribution in [1.82, 2.24) is 0 Å². The minimum absolute atomic E-state index is 0.0297. The summed E-state index contributed by atoms with van der Waals surface area (Å²) >= 11 is 0. The van der Waals surface area contributed by atoms with Crippen LogP contribution in [0.15, 0.2) is 129 Å². The molecule has 48 heavy (non-hydrogen) atoms. The normalized spacial score (nSPS) is 20.5. The zero-order valence-electron chi connectivity index (χ0n) is 31.3. The molecule has 260 valence electrons. The smallest absolute Gasteiger partial charge is 0.332 e. The first-order chi connectivity index (χ1) is 22.4. The minimum Gasteiger partial charge on any atom is -0.478 e. The fourth-order valence-electron chi connectivity index (χ4n) is 6.61. The van der Waals surface area contributed by atoms with Crippen LogP contribution in [-0.2, 0) is 9.59 Å². The average molecular weight is 653 g/mol. The summed E-state index contributed by atoms with van der Waals surface area (Å²) < 4.78 is 0. The van der Waals surface area contributed by atoms with Crippen molar-refractivity contribution >= 4 is 11.9 Å². The Balaban J connectivity index is 2.11. The Hall–Kier alpha value is -3.92. The van der Waals surface area contributed by atoms with Crippen molar-refractivity contribution in [3.63, 3.8) is 0 Å². The second-order valence-corrected chi connectivity index (χ2v) is 14.9. The summed E-state index contributed by atoms with van der Waals surface area (Å²) in [6.45, 7) is 21.6. The number of carbonyl (C=O) groups is 2. The van der Waals surface area contributed by atoms with E-state index in [2.05, 4.69) is 79.7 Å². The zero-order valence-corrected chi connectivity index (χ0v) is 31.3. The maximum absolute atomic E-state index is 12.1.